The molecule has 0 aromatic heterocycles. The van der Waals surface area contributed by atoms with Gasteiger partial charge in [-0.3, -0.25) is 0 Å². The molecule has 0 spiro atoms. The van der Waals surface area contributed by atoms with Crippen LogP contribution in [0.25, 0.3) is 0 Å². The number of nitrogens with zero attached hydrogens (tertiary/aromatic N) is 1. The van der Waals surface area contributed by atoms with Gasteiger partial charge in [-0.1, -0.05) is 6.07 Å². The molecule has 0 fully saturated rings. The van der Waals surface area contributed by atoms with E-state index in [0.29, 0.717) is 0 Å². The Balaban J connectivity index is 2.81. The fourth-order valence-corrected chi connectivity index (χ4v) is 2.62. The molecule has 1 aromatic rings. The van der Waals surface area contributed by atoms with Crippen LogP contribution in [0.15, 0.2) is 22.7 Å². The van der Waals surface area contributed by atoms with Crippen LogP contribution in [0.1, 0.15) is 18.5 Å². The van der Waals surface area contributed by atoms with Crippen LogP contribution < -0.4 is 10.6 Å². The van der Waals surface area contributed by atoms with Crippen LogP contribution in [-0.2, 0) is 0 Å². The van der Waals surface area contributed by atoms with Crippen LogP contribution in [0.5, 0.6) is 0 Å². The zero-order valence-corrected chi connectivity index (χ0v) is 12.4. The number of benzene rings is 1. The average molecular weight is 303 g/mol. The van der Waals surface area contributed by atoms with E-state index in [1.807, 2.05) is 18.7 Å². The first-order chi connectivity index (χ1) is 7.56. The van der Waals surface area contributed by atoms with Crippen molar-refractivity contribution >= 4 is 33.4 Å². The lowest BCUT2D eigenvalue weighted by molar-refractivity contribution is 0.816. The highest BCUT2D eigenvalue weighted by Gasteiger charge is 2.07. The zero-order chi connectivity index (χ0) is 12.1. The number of rotatable bonds is 5. The summed E-state index contributed by atoms with van der Waals surface area (Å²) in [5.41, 5.74) is 8.23. The van der Waals surface area contributed by atoms with Crippen LogP contribution in [0.3, 0.4) is 0 Å². The van der Waals surface area contributed by atoms with E-state index < -0.39 is 0 Å². The van der Waals surface area contributed by atoms with E-state index in [4.69, 9.17) is 5.73 Å². The van der Waals surface area contributed by atoms with Crippen molar-refractivity contribution in [2.24, 2.45) is 5.73 Å². The van der Waals surface area contributed by atoms with Crippen molar-refractivity contribution in [1.82, 2.24) is 0 Å². The summed E-state index contributed by atoms with van der Waals surface area (Å²) in [6, 6.07) is 6.42. The number of halogens is 1. The Morgan fingerprint density at radius 3 is 2.69 bits per heavy atom. The summed E-state index contributed by atoms with van der Waals surface area (Å²) in [7, 11) is 2.11. The average Bonchev–Trinajstić information content (AvgIpc) is 2.25. The zero-order valence-electron chi connectivity index (χ0n) is 10.0. The van der Waals surface area contributed by atoms with Gasteiger partial charge in [0.1, 0.15) is 0 Å². The Kier molecular flexibility index (Phi) is 5.66. The highest BCUT2D eigenvalue weighted by atomic mass is 79.9. The molecular formula is C12H19BrN2S. The quantitative estimate of drug-likeness (QED) is 0.905. The number of nitrogens with two attached hydrogens (primary N) is 1. The summed E-state index contributed by atoms with van der Waals surface area (Å²) in [5.74, 6) is 1.14. The van der Waals surface area contributed by atoms with Crippen LogP contribution in [-0.4, -0.2) is 25.6 Å². The third-order valence-electron chi connectivity index (χ3n) is 2.54. The van der Waals surface area contributed by atoms with Crippen molar-refractivity contribution in [3.8, 4) is 0 Å². The van der Waals surface area contributed by atoms with E-state index in [2.05, 4.69) is 52.3 Å². The summed E-state index contributed by atoms with van der Waals surface area (Å²) in [5, 5.41) is 0. The van der Waals surface area contributed by atoms with Crippen molar-refractivity contribution in [3.05, 3.63) is 28.2 Å². The molecule has 0 radical (unpaired) electrons. The number of thioether (sulfide) groups is 1. The minimum absolute atomic E-state index is 0.0850. The second kappa shape index (κ2) is 6.52. The Bertz CT molecular complexity index is 342. The van der Waals surface area contributed by atoms with Gasteiger partial charge in [-0.25, -0.2) is 0 Å². The Labute approximate surface area is 111 Å². The molecule has 0 saturated carbocycles. The molecule has 16 heavy (non-hydrogen) atoms. The molecule has 0 unspecified atom stereocenters. The number of hydrogen-bond acceptors (Lipinski definition) is 3. The van der Waals surface area contributed by atoms with Gasteiger partial charge in [0.2, 0.25) is 0 Å². The minimum Gasteiger partial charge on any atom is -0.373 e. The van der Waals surface area contributed by atoms with Gasteiger partial charge in [0.15, 0.2) is 0 Å². The van der Waals surface area contributed by atoms with E-state index in [1.54, 1.807) is 0 Å². The first-order valence-corrected chi connectivity index (χ1v) is 7.50. The topological polar surface area (TPSA) is 29.3 Å². The Hall–Kier alpha value is -0.190. The van der Waals surface area contributed by atoms with Crippen LogP contribution >= 0.6 is 27.7 Å². The predicted octanol–water partition coefficient (Wildman–Crippen LogP) is 3.27. The van der Waals surface area contributed by atoms with Crippen molar-refractivity contribution in [3.63, 3.8) is 0 Å². The normalized spacial score (nSPS) is 12.6. The van der Waals surface area contributed by atoms with Crippen LogP contribution in [0.2, 0.25) is 0 Å². The maximum atomic E-state index is 5.85. The molecule has 0 heterocycles. The van der Waals surface area contributed by atoms with Gasteiger partial charge in [-0.15, -0.1) is 0 Å². The first-order valence-electron chi connectivity index (χ1n) is 5.31. The molecule has 2 nitrogen and oxygen atoms in total. The fourth-order valence-electron chi connectivity index (χ4n) is 1.46. The first kappa shape index (κ1) is 13.9. The molecular weight excluding hydrogens is 284 g/mol. The smallest absolute Gasteiger partial charge is 0.0508 e. The largest absolute Gasteiger partial charge is 0.373 e. The molecule has 0 aliphatic rings. The third-order valence-corrected chi connectivity index (χ3v) is 3.77. The molecule has 90 valence electrons. The summed E-state index contributed by atoms with van der Waals surface area (Å²) in [6.07, 6.45) is 2.13. The number of anilines is 1. The lowest BCUT2D eigenvalue weighted by atomic mass is 10.1. The van der Waals surface area contributed by atoms with E-state index in [1.165, 1.54) is 5.69 Å². The van der Waals surface area contributed by atoms with E-state index in [0.717, 1.165) is 22.3 Å². The summed E-state index contributed by atoms with van der Waals surface area (Å²) in [4.78, 5) is 2.26. The van der Waals surface area contributed by atoms with Gasteiger partial charge in [-0.05, 0) is 46.8 Å². The van der Waals surface area contributed by atoms with Crippen LogP contribution in [0.4, 0.5) is 5.69 Å². The van der Waals surface area contributed by atoms with Crippen molar-refractivity contribution in [2.45, 2.75) is 13.0 Å². The van der Waals surface area contributed by atoms with Gasteiger partial charge < -0.3 is 10.6 Å². The molecule has 1 atom stereocenters. The molecule has 0 bridgehead atoms. The maximum Gasteiger partial charge on any atom is 0.0508 e. The second-order valence-electron chi connectivity index (χ2n) is 3.91. The summed E-state index contributed by atoms with van der Waals surface area (Å²) in [6.45, 7) is 3.05. The highest BCUT2D eigenvalue weighted by molar-refractivity contribution is 9.10. The van der Waals surface area contributed by atoms with Gasteiger partial charge in [0, 0.05) is 29.9 Å². The lowest BCUT2D eigenvalue weighted by Gasteiger charge is -2.21. The Morgan fingerprint density at radius 1 is 1.50 bits per heavy atom. The summed E-state index contributed by atoms with van der Waals surface area (Å²) >= 11 is 5.47. The third kappa shape index (κ3) is 3.68. The highest BCUT2D eigenvalue weighted by Crippen LogP contribution is 2.28. The molecule has 0 amide bonds. The standard InChI is InChI=1S/C12H19BrN2S/c1-9(14)10-4-5-12(11(13)8-10)15(2)6-7-16-3/h4-5,8-9H,6-7,14H2,1-3H3/t9-/m0/s1. The van der Waals surface area contributed by atoms with Crippen molar-refractivity contribution in [2.75, 3.05) is 30.5 Å². The van der Waals surface area contributed by atoms with E-state index >= 15 is 0 Å². The Morgan fingerprint density at radius 2 is 2.19 bits per heavy atom. The fraction of sp³-hybridized carbons (Fsp3) is 0.500. The molecule has 1 aromatic carbocycles. The molecule has 0 aliphatic carbocycles. The molecule has 0 aliphatic heterocycles. The van der Waals surface area contributed by atoms with Crippen LogP contribution in [0, 0.1) is 0 Å². The van der Waals surface area contributed by atoms with Gasteiger partial charge in [-0.2, -0.15) is 11.8 Å². The maximum absolute atomic E-state index is 5.85. The van der Waals surface area contributed by atoms with Gasteiger partial charge >= 0.3 is 0 Å². The van der Waals surface area contributed by atoms with Gasteiger partial charge in [0.05, 0.1) is 5.69 Å². The second-order valence-corrected chi connectivity index (χ2v) is 5.75. The predicted molar refractivity (Wildman–Crippen MR) is 78.4 cm³/mol. The molecule has 1 rings (SSSR count). The van der Waals surface area contributed by atoms with Crippen molar-refractivity contribution < 1.29 is 0 Å². The monoisotopic (exact) mass is 302 g/mol. The molecule has 2 N–H and O–H groups in total. The minimum atomic E-state index is 0.0850. The lowest BCUT2D eigenvalue weighted by Crippen LogP contribution is -2.20. The molecule has 0 saturated heterocycles. The molecule has 4 heteroatoms. The number of hydrogen-bond donors (Lipinski definition) is 1. The SMILES string of the molecule is CSCCN(C)c1ccc([C@H](C)N)cc1Br. The van der Waals surface area contributed by atoms with Crippen molar-refractivity contribution in [1.29, 1.82) is 0 Å². The van der Waals surface area contributed by atoms with E-state index in [-0.39, 0.29) is 6.04 Å². The van der Waals surface area contributed by atoms with Gasteiger partial charge in [0.25, 0.3) is 0 Å². The summed E-state index contributed by atoms with van der Waals surface area (Å²) < 4.78 is 1.12. The van der Waals surface area contributed by atoms with E-state index in [9.17, 15) is 0 Å².